The molecule has 0 aliphatic carbocycles. The molecule has 70 valence electrons. The number of carbonyl (C=O) groups is 1. The fourth-order valence-corrected chi connectivity index (χ4v) is 1.33. The Morgan fingerprint density at radius 1 is 1.58 bits per heavy atom. The predicted octanol–water partition coefficient (Wildman–Crippen LogP) is -0.955. The monoisotopic (exact) mass is 172 g/mol. The van der Waals surface area contributed by atoms with Crippen LogP contribution in [0.1, 0.15) is 6.42 Å². The van der Waals surface area contributed by atoms with Crippen molar-refractivity contribution in [3.63, 3.8) is 0 Å². The van der Waals surface area contributed by atoms with Crippen LogP contribution in [0.5, 0.6) is 0 Å². The number of hydrogen-bond donors (Lipinski definition) is 2. The summed E-state index contributed by atoms with van der Waals surface area (Å²) in [5, 5.41) is 12.4. The third-order valence-corrected chi connectivity index (χ3v) is 2.24. The molecule has 1 fully saturated rings. The van der Waals surface area contributed by atoms with Crippen molar-refractivity contribution >= 4 is 5.91 Å². The molecular weight excluding hydrogens is 156 g/mol. The van der Waals surface area contributed by atoms with Gasteiger partial charge in [0.05, 0.1) is 6.10 Å². The van der Waals surface area contributed by atoms with E-state index in [-0.39, 0.29) is 17.9 Å². The van der Waals surface area contributed by atoms with Crippen molar-refractivity contribution in [3.8, 4) is 0 Å². The Kier molecular flexibility index (Phi) is 3.05. The lowest BCUT2D eigenvalue weighted by atomic mass is 10.0. The molecule has 0 spiro atoms. The van der Waals surface area contributed by atoms with Gasteiger partial charge in [-0.25, -0.2) is 0 Å². The van der Waals surface area contributed by atoms with Crippen LogP contribution in [0, 0.1) is 5.92 Å². The van der Waals surface area contributed by atoms with Gasteiger partial charge in [-0.2, -0.15) is 0 Å². The van der Waals surface area contributed by atoms with Gasteiger partial charge in [0.1, 0.15) is 0 Å². The first kappa shape index (κ1) is 9.48. The summed E-state index contributed by atoms with van der Waals surface area (Å²) in [6.45, 7) is 1.37. The molecule has 2 N–H and O–H groups in total. The predicted molar refractivity (Wildman–Crippen MR) is 45.7 cm³/mol. The molecular formula is C8H16N2O2. The summed E-state index contributed by atoms with van der Waals surface area (Å²) in [4.78, 5) is 12.8. The van der Waals surface area contributed by atoms with Gasteiger partial charge in [0.2, 0.25) is 5.91 Å². The number of nitrogens with zero attached hydrogens (tertiary/aromatic N) is 1. The van der Waals surface area contributed by atoms with Gasteiger partial charge < -0.3 is 15.3 Å². The molecule has 1 amide bonds. The molecule has 4 heteroatoms. The van der Waals surface area contributed by atoms with Gasteiger partial charge in [-0.1, -0.05) is 0 Å². The highest BCUT2D eigenvalue weighted by atomic mass is 16.3. The van der Waals surface area contributed by atoms with Crippen molar-refractivity contribution in [2.75, 3.05) is 27.2 Å². The van der Waals surface area contributed by atoms with Crippen LogP contribution in [-0.2, 0) is 4.79 Å². The molecule has 4 nitrogen and oxygen atoms in total. The van der Waals surface area contributed by atoms with E-state index in [9.17, 15) is 9.90 Å². The zero-order chi connectivity index (χ0) is 9.14. The number of carbonyl (C=O) groups excluding carboxylic acids is 1. The number of hydrogen-bond acceptors (Lipinski definition) is 3. The van der Waals surface area contributed by atoms with Gasteiger partial charge in [-0.3, -0.25) is 4.79 Å². The second-order valence-electron chi connectivity index (χ2n) is 3.48. The van der Waals surface area contributed by atoms with Crippen molar-refractivity contribution in [1.82, 2.24) is 10.2 Å². The molecule has 0 aromatic heterocycles. The van der Waals surface area contributed by atoms with E-state index in [2.05, 4.69) is 5.32 Å². The minimum absolute atomic E-state index is 0.0859. The largest absolute Gasteiger partial charge is 0.391 e. The van der Waals surface area contributed by atoms with Crippen LogP contribution in [0.3, 0.4) is 0 Å². The van der Waals surface area contributed by atoms with Crippen LogP contribution in [0.2, 0.25) is 0 Å². The minimum Gasteiger partial charge on any atom is -0.391 e. The first-order valence-electron chi connectivity index (χ1n) is 4.20. The molecule has 12 heavy (non-hydrogen) atoms. The maximum Gasteiger partial charge on any atom is 0.222 e. The van der Waals surface area contributed by atoms with Crippen LogP contribution < -0.4 is 5.32 Å². The van der Waals surface area contributed by atoms with E-state index in [0.29, 0.717) is 13.0 Å². The molecule has 0 bridgehead atoms. The zero-order valence-electron chi connectivity index (χ0n) is 7.58. The van der Waals surface area contributed by atoms with Gasteiger partial charge in [0, 0.05) is 39.5 Å². The zero-order valence-corrected chi connectivity index (χ0v) is 7.58. The second kappa shape index (κ2) is 3.87. The van der Waals surface area contributed by atoms with E-state index >= 15 is 0 Å². The fourth-order valence-electron chi connectivity index (χ4n) is 1.33. The van der Waals surface area contributed by atoms with E-state index in [4.69, 9.17) is 0 Å². The van der Waals surface area contributed by atoms with Gasteiger partial charge in [0.15, 0.2) is 0 Å². The van der Waals surface area contributed by atoms with E-state index in [1.807, 2.05) is 0 Å². The number of aliphatic hydroxyl groups is 1. The van der Waals surface area contributed by atoms with Gasteiger partial charge in [-0.05, 0) is 0 Å². The molecule has 0 aromatic carbocycles. The number of β-amino-alcohol motifs (C(OH)–C–C–N with tert-alkyl or cyclic N) is 1. The molecule has 0 saturated carbocycles. The first-order chi connectivity index (χ1) is 5.61. The normalized spacial score (nSPS) is 28.9. The molecule has 1 saturated heterocycles. The Hall–Kier alpha value is -0.610. The highest BCUT2D eigenvalue weighted by Crippen LogP contribution is 2.13. The molecule has 0 aromatic rings. The Balaban J connectivity index is 2.35. The maximum atomic E-state index is 11.2. The lowest BCUT2D eigenvalue weighted by Crippen LogP contribution is -2.28. The highest BCUT2D eigenvalue weighted by molar-refractivity contribution is 5.75. The summed E-state index contributed by atoms with van der Waals surface area (Å²) in [7, 11) is 3.47. The average Bonchev–Trinajstić information content (AvgIpc) is 2.36. The van der Waals surface area contributed by atoms with Crippen LogP contribution >= 0.6 is 0 Å². The van der Waals surface area contributed by atoms with Crippen molar-refractivity contribution in [3.05, 3.63) is 0 Å². The van der Waals surface area contributed by atoms with Crippen molar-refractivity contribution < 1.29 is 9.90 Å². The average molecular weight is 172 g/mol. The summed E-state index contributed by atoms with van der Waals surface area (Å²) in [6.07, 6.45) is 0.0927. The van der Waals surface area contributed by atoms with Crippen molar-refractivity contribution in [2.45, 2.75) is 12.5 Å². The molecule has 0 unspecified atom stereocenters. The lowest BCUT2D eigenvalue weighted by molar-refractivity contribution is -0.130. The Bertz CT molecular complexity index is 170. The Morgan fingerprint density at radius 2 is 2.25 bits per heavy atom. The van der Waals surface area contributed by atoms with E-state index in [1.54, 1.807) is 19.0 Å². The third-order valence-electron chi connectivity index (χ3n) is 2.24. The highest BCUT2D eigenvalue weighted by Gasteiger charge is 2.27. The Labute approximate surface area is 72.6 Å². The number of amides is 1. The minimum atomic E-state index is -0.353. The summed E-state index contributed by atoms with van der Waals surface area (Å²) < 4.78 is 0. The summed E-state index contributed by atoms with van der Waals surface area (Å²) in [5.74, 6) is 0.183. The van der Waals surface area contributed by atoms with Gasteiger partial charge >= 0.3 is 0 Å². The molecule has 0 radical (unpaired) electrons. The molecule has 1 aliphatic heterocycles. The van der Waals surface area contributed by atoms with Gasteiger partial charge in [0.25, 0.3) is 0 Å². The lowest BCUT2D eigenvalue weighted by Gasteiger charge is -2.15. The van der Waals surface area contributed by atoms with E-state index < -0.39 is 0 Å². The van der Waals surface area contributed by atoms with Crippen LogP contribution in [0.25, 0.3) is 0 Å². The number of aliphatic hydroxyl groups excluding tert-OH is 1. The van der Waals surface area contributed by atoms with Gasteiger partial charge in [-0.15, -0.1) is 0 Å². The number of nitrogens with one attached hydrogen (secondary N) is 1. The SMILES string of the molecule is CN(C)C(=O)C[C@@H]1CNC[C@@H]1O. The second-order valence-corrected chi connectivity index (χ2v) is 3.48. The number of rotatable bonds is 2. The quantitative estimate of drug-likeness (QED) is 0.564. The summed E-state index contributed by atoms with van der Waals surface area (Å²) in [5.41, 5.74) is 0. The fraction of sp³-hybridized carbons (Fsp3) is 0.875. The summed E-state index contributed by atoms with van der Waals surface area (Å²) >= 11 is 0. The van der Waals surface area contributed by atoms with Crippen LogP contribution in [0.4, 0.5) is 0 Å². The third kappa shape index (κ3) is 2.19. The standard InChI is InChI=1S/C8H16N2O2/c1-10(2)8(12)3-6-4-9-5-7(6)11/h6-7,9,11H,3-5H2,1-2H3/t6-,7+/m1/s1. The molecule has 1 rings (SSSR count). The first-order valence-corrected chi connectivity index (χ1v) is 4.20. The smallest absolute Gasteiger partial charge is 0.222 e. The topological polar surface area (TPSA) is 52.6 Å². The Morgan fingerprint density at radius 3 is 2.67 bits per heavy atom. The molecule has 1 aliphatic rings. The summed E-state index contributed by atoms with van der Waals surface area (Å²) in [6, 6.07) is 0. The van der Waals surface area contributed by atoms with E-state index in [1.165, 1.54) is 0 Å². The van der Waals surface area contributed by atoms with Crippen LogP contribution in [-0.4, -0.2) is 49.2 Å². The van der Waals surface area contributed by atoms with Crippen LogP contribution in [0.15, 0.2) is 0 Å². The molecule has 1 heterocycles. The maximum absolute atomic E-state index is 11.2. The van der Waals surface area contributed by atoms with Crippen molar-refractivity contribution in [1.29, 1.82) is 0 Å². The molecule has 2 atom stereocenters. The van der Waals surface area contributed by atoms with E-state index in [0.717, 1.165) is 6.54 Å². The van der Waals surface area contributed by atoms with Crippen molar-refractivity contribution in [2.24, 2.45) is 5.92 Å².